The van der Waals surface area contributed by atoms with E-state index in [1.54, 1.807) is 6.08 Å². The fraction of sp³-hybridized carbons (Fsp3) is 0.222. The number of aromatic nitrogens is 1. The number of hydrogen-bond acceptors (Lipinski definition) is 2. The van der Waals surface area contributed by atoms with Crippen molar-refractivity contribution >= 4 is 18.0 Å². The van der Waals surface area contributed by atoms with Gasteiger partial charge < -0.3 is 9.88 Å². The Labute approximate surface area is 135 Å². The summed E-state index contributed by atoms with van der Waals surface area (Å²) in [6.07, 6.45) is 1.71. The maximum atomic E-state index is 11.7. The number of nitrogens with zero attached hydrogens (tertiary/aromatic N) is 1. The highest BCUT2D eigenvalue weighted by molar-refractivity contribution is 6.14. The fourth-order valence-corrected chi connectivity index (χ4v) is 3.05. The van der Waals surface area contributed by atoms with E-state index in [2.05, 4.69) is 47.2 Å². The topological polar surface area (TPSA) is 63.1 Å². The number of rotatable bonds is 2. The molecule has 0 bridgehead atoms. The van der Waals surface area contributed by atoms with Gasteiger partial charge in [-0.2, -0.15) is 0 Å². The highest BCUT2D eigenvalue weighted by Crippen LogP contribution is 2.24. The second-order valence-electron chi connectivity index (χ2n) is 5.97. The molecule has 118 valence electrons. The summed E-state index contributed by atoms with van der Waals surface area (Å²) in [6, 6.07) is 7.93. The van der Waals surface area contributed by atoms with Crippen molar-refractivity contribution in [3.63, 3.8) is 0 Å². The third kappa shape index (κ3) is 2.77. The van der Waals surface area contributed by atoms with Crippen LogP contribution in [-0.4, -0.2) is 16.5 Å². The van der Waals surface area contributed by atoms with Crippen LogP contribution in [0, 0.1) is 27.7 Å². The van der Waals surface area contributed by atoms with Gasteiger partial charge >= 0.3 is 6.03 Å². The van der Waals surface area contributed by atoms with E-state index in [9.17, 15) is 9.59 Å². The molecule has 1 aromatic carbocycles. The molecule has 2 aromatic rings. The van der Waals surface area contributed by atoms with Gasteiger partial charge in [-0.3, -0.25) is 10.1 Å². The van der Waals surface area contributed by atoms with Crippen LogP contribution in [-0.2, 0) is 4.79 Å². The van der Waals surface area contributed by atoms with Gasteiger partial charge in [0.15, 0.2) is 0 Å². The molecule has 3 rings (SSSR count). The van der Waals surface area contributed by atoms with E-state index in [4.69, 9.17) is 0 Å². The van der Waals surface area contributed by atoms with E-state index in [0.717, 1.165) is 22.6 Å². The monoisotopic (exact) mass is 309 g/mol. The summed E-state index contributed by atoms with van der Waals surface area (Å²) >= 11 is 0. The Morgan fingerprint density at radius 3 is 2.13 bits per heavy atom. The molecule has 0 atom stereocenters. The Morgan fingerprint density at radius 1 is 0.913 bits per heavy atom. The lowest BCUT2D eigenvalue weighted by atomic mass is 10.1. The van der Waals surface area contributed by atoms with Crippen molar-refractivity contribution in [3.05, 3.63) is 58.0 Å². The van der Waals surface area contributed by atoms with Crippen molar-refractivity contribution in [1.82, 2.24) is 15.2 Å². The van der Waals surface area contributed by atoms with E-state index in [-0.39, 0.29) is 5.70 Å². The number of hydrogen-bond donors (Lipinski definition) is 2. The fourth-order valence-electron chi connectivity index (χ4n) is 3.05. The van der Waals surface area contributed by atoms with Gasteiger partial charge in [-0.05, 0) is 68.7 Å². The largest absolute Gasteiger partial charge is 0.326 e. The summed E-state index contributed by atoms with van der Waals surface area (Å²) in [4.78, 5) is 22.9. The van der Waals surface area contributed by atoms with Crippen molar-refractivity contribution in [2.24, 2.45) is 0 Å². The molecule has 1 aromatic heterocycles. The van der Waals surface area contributed by atoms with Crippen LogP contribution in [0.4, 0.5) is 4.79 Å². The summed E-state index contributed by atoms with van der Waals surface area (Å²) in [5.74, 6) is -0.397. The summed E-state index contributed by atoms with van der Waals surface area (Å²) in [6.45, 7) is 8.18. The van der Waals surface area contributed by atoms with Crippen LogP contribution in [0.2, 0.25) is 0 Å². The molecule has 3 amide bonds. The summed E-state index contributed by atoms with van der Waals surface area (Å²) in [5, 5.41) is 4.73. The quantitative estimate of drug-likeness (QED) is 0.662. The van der Waals surface area contributed by atoms with Gasteiger partial charge in [-0.1, -0.05) is 6.07 Å². The van der Waals surface area contributed by atoms with Crippen LogP contribution >= 0.6 is 0 Å². The smallest absolute Gasteiger partial charge is 0.318 e. The molecule has 0 aliphatic carbocycles. The molecular formula is C18H19N3O2. The van der Waals surface area contributed by atoms with Crippen LogP contribution in [0.3, 0.4) is 0 Å². The maximum absolute atomic E-state index is 11.7. The van der Waals surface area contributed by atoms with Gasteiger partial charge in [0, 0.05) is 17.1 Å². The van der Waals surface area contributed by atoms with Gasteiger partial charge in [-0.25, -0.2) is 4.79 Å². The Bertz CT molecular complexity index is 839. The first-order valence-electron chi connectivity index (χ1n) is 7.47. The molecule has 0 radical (unpaired) electrons. The zero-order chi connectivity index (χ0) is 16.7. The Balaban J connectivity index is 2.08. The number of amides is 3. The standard InChI is InChI=1S/C18H19N3O2/c1-10-5-11(2)7-15(6-10)21-12(3)8-14(13(21)4)9-16-17(22)20-18(23)19-16/h5-9H,1-4H3,(H2,19,20,22,23). The van der Waals surface area contributed by atoms with Crippen LogP contribution in [0.15, 0.2) is 30.0 Å². The van der Waals surface area contributed by atoms with Crippen molar-refractivity contribution in [2.45, 2.75) is 27.7 Å². The van der Waals surface area contributed by atoms with Crippen LogP contribution in [0.5, 0.6) is 0 Å². The van der Waals surface area contributed by atoms with Crippen LogP contribution in [0.1, 0.15) is 28.1 Å². The molecule has 1 fully saturated rings. The minimum Gasteiger partial charge on any atom is -0.318 e. The van der Waals surface area contributed by atoms with Crippen LogP contribution in [0.25, 0.3) is 11.8 Å². The first kappa shape index (κ1) is 15.1. The Hall–Kier alpha value is -2.82. The van der Waals surface area contributed by atoms with Gasteiger partial charge in [0.05, 0.1) is 0 Å². The van der Waals surface area contributed by atoms with Crippen molar-refractivity contribution in [3.8, 4) is 5.69 Å². The molecule has 0 spiro atoms. The molecule has 1 aliphatic rings. The highest BCUT2D eigenvalue weighted by Gasteiger charge is 2.23. The van der Waals surface area contributed by atoms with Crippen LogP contribution < -0.4 is 10.6 Å². The summed E-state index contributed by atoms with van der Waals surface area (Å²) in [5.41, 5.74) is 6.79. The molecule has 1 saturated heterocycles. The molecule has 5 nitrogen and oxygen atoms in total. The second kappa shape index (κ2) is 5.43. The van der Waals surface area contributed by atoms with E-state index < -0.39 is 11.9 Å². The average molecular weight is 309 g/mol. The molecule has 5 heteroatoms. The summed E-state index contributed by atoms with van der Waals surface area (Å²) < 4.78 is 2.15. The predicted molar refractivity (Wildman–Crippen MR) is 89.4 cm³/mol. The lowest BCUT2D eigenvalue weighted by Gasteiger charge is -2.12. The molecule has 2 N–H and O–H groups in total. The van der Waals surface area contributed by atoms with Gasteiger partial charge in [0.1, 0.15) is 5.70 Å². The molecular weight excluding hydrogens is 290 g/mol. The number of urea groups is 1. The maximum Gasteiger partial charge on any atom is 0.326 e. The molecule has 2 heterocycles. The van der Waals surface area contributed by atoms with Gasteiger partial charge in [-0.15, -0.1) is 0 Å². The Morgan fingerprint density at radius 2 is 1.57 bits per heavy atom. The van der Waals surface area contributed by atoms with Crippen molar-refractivity contribution in [1.29, 1.82) is 0 Å². The lowest BCUT2D eigenvalue weighted by molar-refractivity contribution is -0.115. The van der Waals surface area contributed by atoms with Gasteiger partial charge in [0.25, 0.3) is 5.91 Å². The van der Waals surface area contributed by atoms with Crippen molar-refractivity contribution < 1.29 is 9.59 Å². The molecule has 1 aliphatic heterocycles. The summed E-state index contributed by atoms with van der Waals surface area (Å²) in [7, 11) is 0. The van der Waals surface area contributed by atoms with Crippen molar-refractivity contribution in [2.75, 3.05) is 0 Å². The SMILES string of the molecule is Cc1cc(C)cc(-n2c(C)cc(C=C3NC(=O)NC3=O)c2C)c1. The first-order chi connectivity index (χ1) is 10.8. The third-order valence-corrected chi connectivity index (χ3v) is 3.95. The highest BCUT2D eigenvalue weighted by atomic mass is 16.2. The molecule has 0 saturated carbocycles. The second-order valence-corrected chi connectivity index (χ2v) is 5.97. The number of aryl methyl sites for hydroxylation is 3. The van der Waals surface area contributed by atoms with E-state index >= 15 is 0 Å². The van der Waals surface area contributed by atoms with E-state index in [1.165, 1.54) is 11.1 Å². The normalized spacial score (nSPS) is 15.9. The number of nitrogens with one attached hydrogen (secondary N) is 2. The number of carbonyl (C=O) groups excluding carboxylic acids is 2. The average Bonchev–Trinajstić information content (AvgIpc) is 2.88. The Kier molecular flexibility index (Phi) is 3.56. The zero-order valence-electron chi connectivity index (χ0n) is 13.7. The molecule has 0 unspecified atom stereocenters. The number of benzene rings is 1. The third-order valence-electron chi connectivity index (χ3n) is 3.95. The van der Waals surface area contributed by atoms with Gasteiger partial charge in [0.2, 0.25) is 0 Å². The van der Waals surface area contributed by atoms with E-state index in [1.807, 2.05) is 19.9 Å². The number of carbonyl (C=O) groups is 2. The minimum atomic E-state index is -0.482. The predicted octanol–water partition coefficient (Wildman–Crippen LogP) is 2.89. The van der Waals surface area contributed by atoms with E-state index in [0.29, 0.717) is 0 Å². The lowest BCUT2D eigenvalue weighted by Crippen LogP contribution is -2.22. The number of imide groups is 1. The zero-order valence-corrected chi connectivity index (χ0v) is 13.7. The molecule has 23 heavy (non-hydrogen) atoms. The minimum absolute atomic E-state index is 0.274. The first-order valence-corrected chi connectivity index (χ1v) is 7.47.